The van der Waals surface area contributed by atoms with Crippen molar-refractivity contribution in [1.29, 1.82) is 0 Å². The Morgan fingerprint density at radius 2 is 2.22 bits per heavy atom. The molecule has 0 aromatic heterocycles. The molecule has 1 heterocycles. The second kappa shape index (κ2) is 5.53. The van der Waals surface area contributed by atoms with E-state index in [2.05, 4.69) is 31.2 Å². The molecule has 1 aliphatic heterocycles. The fourth-order valence-electron chi connectivity index (χ4n) is 2.69. The van der Waals surface area contributed by atoms with Crippen LogP contribution in [0.15, 0.2) is 24.3 Å². The van der Waals surface area contributed by atoms with Gasteiger partial charge in [-0.2, -0.15) is 0 Å². The van der Waals surface area contributed by atoms with Gasteiger partial charge in [0.2, 0.25) is 5.91 Å². The molecule has 2 unspecified atom stereocenters. The average Bonchev–Trinajstić information content (AvgIpc) is 2.78. The van der Waals surface area contributed by atoms with Gasteiger partial charge in [-0.25, -0.2) is 0 Å². The minimum Gasteiger partial charge on any atom is -0.342 e. The van der Waals surface area contributed by atoms with E-state index < -0.39 is 0 Å². The monoisotopic (exact) mass is 246 g/mol. The molecular weight excluding hydrogens is 224 g/mol. The Morgan fingerprint density at radius 1 is 1.50 bits per heavy atom. The van der Waals surface area contributed by atoms with Gasteiger partial charge in [-0.05, 0) is 31.4 Å². The summed E-state index contributed by atoms with van der Waals surface area (Å²) in [5.41, 5.74) is 8.39. The third kappa shape index (κ3) is 2.91. The van der Waals surface area contributed by atoms with Crippen molar-refractivity contribution in [3.8, 4) is 0 Å². The molecule has 2 atom stereocenters. The van der Waals surface area contributed by atoms with Gasteiger partial charge in [0, 0.05) is 31.5 Å². The Hall–Kier alpha value is -1.35. The van der Waals surface area contributed by atoms with Gasteiger partial charge in [-0.3, -0.25) is 4.79 Å². The molecule has 0 spiro atoms. The van der Waals surface area contributed by atoms with Crippen LogP contribution in [0.2, 0.25) is 0 Å². The highest BCUT2D eigenvalue weighted by Gasteiger charge is 2.27. The molecule has 0 radical (unpaired) electrons. The average molecular weight is 246 g/mol. The van der Waals surface area contributed by atoms with Crippen LogP contribution in [0.5, 0.6) is 0 Å². The van der Waals surface area contributed by atoms with Crippen molar-refractivity contribution in [3.63, 3.8) is 0 Å². The Labute approximate surface area is 109 Å². The molecule has 1 fully saturated rings. The molecule has 1 aromatic rings. The van der Waals surface area contributed by atoms with Crippen LogP contribution in [0, 0.1) is 6.92 Å². The quantitative estimate of drug-likeness (QED) is 0.887. The summed E-state index contributed by atoms with van der Waals surface area (Å²) >= 11 is 0. The normalized spacial score (nSPS) is 21.1. The van der Waals surface area contributed by atoms with Crippen molar-refractivity contribution in [2.75, 3.05) is 13.1 Å². The van der Waals surface area contributed by atoms with Crippen molar-refractivity contribution in [1.82, 2.24) is 4.90 Å². The summed E-state index contributed by atoms with van der Waals surface area (Å²) in [5, 5.41) is 0. The van der Waals surface area contributed by atoms with E-state index in [1.54, 1.807) is 0 Å². The number of amides is 1. The molecule has 98 valence electrons. The van der Waals surface area contributed by atoms with E-state index in [1.807, 2.05) is 11.8 Å². The number of aryl methyl sites for hydroxylation is 1. The Kier molecular flexibility index (Phi) is 4.02. The Morgan fingerprint density at radius 3 is 2.89 bits per heavy atom. The van der Waals surface area contributed by atoms with Crippen molar-refractivity contribution in [2.24, 2.45) is 5.73 Å². The minimum atomic E-state index is -0.0463. The number of nitrogens with two attached hydrogens (primary N) is 1. The van der Waals surface area contributed by atoms with E-state index in [1.165, 1.54) is 11.1 Å². The second-order valence-electron chi connectivity index (χ2n) is 5.36. The van der Waals surface area contributed by atoms with Crippen LogP contribution in [-0.4, -0.2) is 29.9 Å². The van der Waals surface area contributed by atoms with Crippen LogP contribution in [0.4, 0.5) is 0 Å². The molecule has 3 nitrogen and oxygen atoms in total. The third-order valence-electron chi connectivity index (χ3n) is 3.67. The number of hydrogen-bond acceptors (Lipinski definition) is 2. The lowest BCUT2D eigenvalue weighted by molar-refractivity contribution is -0.130. The van der Waals surface area contributed by atoms with Gasteiger partial charge < -0.3 is 10.6 Å². The van der Waals surface area contributed by atoms with E-state index in [-0.39, 0.29) is 11.9 Å². The summed E-state index contributed by atoms with van der Waals surface area (Å²) in [6.45, 7) is 5.73. The predicted octanol–water partition coefficient (Wildman–Crippen LogP) is 2.05. The Bertz CT molecular complexity index is 428. The molecule has 0 aliphatic carbocycles. The summed E-state index contributed by atoms with van der Waals surface area (Å²) in [5.74, 6) is 0.685. The van der Waals surface area contributed by atoms with Crippen LogP contribution >= 0.6 is 0 Å². The lowest BCUT2D eigenvalue weighted by Gasteiger charge is -2.18. The zero-order valence-electron chi connectivity index (χ0n) is 11.2. The molecular formula is C15H22N2O. The molecule has 2 N–H and O–H groups in total. The topological polar surface area (TPSA) is 46.3 Å². The molecule has 1 amide bonds. The van der Waals surface area contributed by atoms with Gasteiger partial charge in [-0.15, -0.1) is 0 Å². The van der Waals surface area contributed by atoms with Gasteiger partial charge in [0.15, 0.2) is 0 Å². The molecule has 0 bridgehead atoms. The van der Waals surface area contributed by atoms with Crippen LogP contribution in [0.1, 0.15) is 36.8 Å². The fourth-order valence-corrected chi connectivity index (χ4v) is 2.69. The highest BCUT2D eigenvalue weighted by molar-refractivity contribution is 5.77. The van der Waals surface area contributed by atoms with Crippen LogP contribution in [0.3, 0.4) is 0 Å². The standard InChI is InChI=1S/C15H22N2O/c1-11-5-3-4-6-14(11)13-7-8-17(10-13)15(18)9-12(2)16/h3-6,12-13H,7-10,16H2,1-2H3. The molecule has 2 rings (SSSR count). The first-order valence-corrected chi connectivity index (χ1v) is 6.67. The molecule has 18 heavy (non-hydrogen) atoms. The molecule has 1 saturated heterocycles. The van der Waals surface area contributed by atoms with E-state index in [4.69, 9.17) is 5.73 Å². The maximum absolute atomic E-state index is 12.0. The number of hydrogen-bond donors (Lipinski definition) is 1. The zero-order chi connectivity index (χ0) is 13.1. The fraction of sp³-hybridized carbons (Fsp3) is 0.533. The third-order valence-corrected chi connectivity index (χ3v) is 3.67. The second-order valence-corrected chi connectivity index (χ2v) is 5.36. The van der Waals surface area contributed by atoms with Crippen molar-refractivity contribution < 1.29 is 4.79 Å². The summed E-state index contributed by atoms with van der Waals surface area (Å²) in [7, 11) is 0. The summed E-state index contributed by atoms with van der Waals surface area (Å²) in [6, 6.07) is 8.41. The molecule has 0 saturated carbocycles. The maximum Gasteiger partial charge on any atom is 0.224 e. The van der Waals surface area contributed by atoms with Crippen LogP contribution in [-0.2, 0) is 4.79 Å². The summed E-state index contributed by atoms with van der Waals surface area (Å²) in [6.07, 6.45) is 1.52. The van der Waals surface area contributed by atoms with Gasteiger partial charge in [-0.1, -0.05) is 24.3 Å². The molecule has 1 aliphatic rings. The zero-order valence-corrected chi connectivity index (χ0v) is 11.2. The highest BCUT2D eigenvalue weighted by atomic mass is 16.2. The van der Waals surface area contributed by atoms with E-state index >= 15 is 0 Å². The lowest BCUT2D eigenvalue weighted by Crippen LogP contribution is -2.33. The minimum absolute atomic E-state index is 0.0463. The number of likely N-dealkylation sites (tertiary alicyclic amines) is 1. The summed E-state index contributed by atoms with van der Waals surface area (Å²) < 4.78 is 0. The first-order chi connectivity index (χ1) is 8.58. The maximum atomic E-state index is 12.0. The van der Waals surface area contributed by atoms with E-state index in [0.717, 1.165) is 19.5 Å². The number of nitrogens with zero attached hydrogens (tertiary/aromatic N) is 1. The predicted molar refractivity (Wildman–Crippen MR) is 73.4 cm³/mol. The van der Waals surface area contributed by atoms with Crippen molar-refractivity contribution in [3.05, 3.63) is 35.4 Å². The van der Waals surface area contributed by atoms with Crippen LogP contribution in [0.25, 0.3) is 0 Å². The SMILES string of the molecule is Cc1ccccc1C1CCN(C(=O)CC(C)N)C1. The first kappa shape index (κ1) is 13.1. The van der Waals surface area contributed by atoms with Gasteiger partial charge in [0.05, 0.1) is 0 Å². The van der Waals surface area contributed by atoms with Gasteiger partial charge >= 0.3 is 0 Å². The lowest BCUT2D eigenvalue weighted by atomic mass is 9.94. The molecule has 1 aromatic carbocycles. The highest BCUT2D eigenvalue weighted by Crippen LogP contribution is 2.29. The smallest absolute Gasteiger partial charge is 0.224 e. The van der Waals surface area contributed by atoms with Gasteiger partial charge in [0.25, 0.3) is 0 Å². The number of benzene rings is 1. The van der Waals surface area contributed by atoms with E-state index in [0.29, 0.717) is 12.3 Å². The van der Waals surface area contributed by atoms with Crippen LogP contribution < -0.4 is 5.73 Å². The summed E-state index contributed by atoms with van der Waals surface area (Å²) in [4.78, 5) is 13.9. The number of rotatable bonds is 3. The molecule has 3 heteroatoms. The number of carbonyl (C=O) groups is 1. The number of carbonyl (C=O) groups excluding carboxylic acids is 1. The first-order valence-electron chi connectivity index (χ1n) is 6.67. The van der Waals surface area contributed by atoms with Gasteiger partial charge in [0.1, 0.15) is 0 Å². The Balaban J connectivity index is 2.01. The van der Waals surface area contributed by atoms with Crippen molar-refractivity contribution in [2.45, 2.75) is 38.6 Å². The van der Waals surface area contributed by atoms with E-state index in [9.17, 15) is 4.79 Å². The largest absolute Gasteiger partial charge is 0.342 e. The van der Waals surface area contributed by atoms with Crippen molar-refractivity contribution >= 4 is 5.91 Å².